The van der Waals surface area contributed by atoms with Crippen LogP contribution in [0.1, 0.15) is 0 Å². The zero-order valence-electron chi connectivity index (χ0n) is 30.0. The molecule has 0 saturated heterocycles. The van der Waals surface area contributed by atoms with Gasteiger partial charge in [0.2, 0.25) is 19.7 Å². The summed E-state index contributed by atoms with van der Waals surface area (Å²) in [4.78, 5) is -2.84. The minimum atomic E-state index is -5.29. The summed E-state index contributed by atoms with van der Waals surface area (Å²) in [6.07, 6.45) is 0.182. The maximum atomic E-state index is 12.5. The minimum Gasteiger partial charge on any atom is -0.744 e. The second kappa shape index (κ2) is 21.1. The van der Waals surface area contributed by atoms with Crippen molar-refractivity contribution >= 4 is 95.8 Å². The first-order valence-corrected chi connectivity index (χ1v) is 21.3. The van der Waals surface area contributed by atoms with Gasteiger partial charge in [0.05, 0.1) is 42.8 Å². The molecule has 4 N–H and O–H groups in total. The number of nitrogen functional groups attached to an aromatic ring is 2. The number of rotatable bonds is 14. The Hall–Kier alpha value is -2.81. The van der Waals surface area contributed by atoms with Gasteiger partial charge in [0.25, 0.3) is 10.4 Å². The number of sulfone groups is 2. The van der Waals surface area contributed by atoms with Crippen LogP contribution in [0.15, 0.2) is 147 Å². The predicted octanol–water partition coefficient (Wildman–Crippen LogP) is -4.44. The molecule has 22 nitrogen and oxygen atoms in total. The van der Waals surface area contributed by atoms with Gasteiger partial charge in [0, 0.05) is 5.41 Å². The Kier molecular flexibility index (Phi) is 19.4. The average molecular weight is 923 g/mol. The van der Waals surface area contributed by atoms with Crippen LogP contribution in [0.2, 0.25) is 0 Å². The van der Waals surface area contributed by atoms with Gasteiger partial charge >= 0.3 is 88.7 Å². The van der Waals surface area contributed by atoms with E-state index < -0.39 is 76.4 Å². The molecule has 0 heterocycles. The van der Waals surface area contributed by atoms with Crippen LogP contribution in [0.25, 0.3) is 0 Å². The van der Waals surface area contributed by atoms with Gasteiger partial charge in [-0.15, -0.1) is 20.5 Å². The average Bonchev–Trinajstić information content (AvgIpc) is 3.08. The van der Waals surface area contributed by atoms with Crippen molar-refractivity contribution in [3.8, 4) is 0 Å². The third kappa shape index (κ3) is 14.4. The molecule has 0 aliphatic rings. The van der Waals surface area contributed by atoms with Gasteiger partial charge in [-0.2, -0.15) is 10.2 Å². The van der Waals surface area contributed by atoms with Gasteiger partial charge < -0.3 is 29.3 Å². The number of hydrogen-bond donors (Lipinski definition) is 2. The van der Waals surface area contributed by atoms with E-state index in [-0.39, 0.29) is 134 Å². The van der Waals surface area contributed by atoms with Crippen molar-refractivity contribution in [3.63, 3.8) is 0 Å². The third-order valence-electron chi connectivity index (χ3n) is 6.54. The van der Waals surface area contributed by atoms with Crippen LogP contribution in [0.4, 0.5) is 45.5 Å². The first-order valence-electron chi connectivity index (χ1n) is 14.1. The topological polar surface area (TPSA) is 375 Å². The molecule has 0 unspecified atom stereocenters. The summed E-state index contributed by atoms with van der Waals surface area (Å²) in [6.45, 7) is 3.23. The van der Waals surface area contributed by atoms with E-state index in [1.165, 1.54) is 36.4 Å². The summed E-state index contributed by atoms with van der Waals surface area (Å²) in [5, 5.41) is 24.3. The Morgan fingerprint density at radius 3 is 1.64 bits per heavy atom. The van der Waals surface area contributed by atoms with Crippen molar-refractivity contribution in [2.24, 2.45) is 30.7 Å². The maximum absolute atomic E-state index is 12.5. The second-order valence-electron chi connectivity index (χ2n) is 10.3. The van der Waals surface area contributed by atoms with Gasteiger partial charge in [-0.1, -0.05) is 6.58 Å². The molecular weight excluding hydrogens is 902 g/mol. The molecule has 0 radical (unpaired) electrons. The Bertz CT molecular complexity index is 2900. The zero-order valence-corrected chi connectivity index (χ0v) is 40.0. The van der Waals surface area contributed by atoms with Gasteiger partial charge in [-0.3, -0.25) is 0 Å². The Balaban J connectivity index is 0.00000561. The summed E-state index contributed by atoms with van der Waals surface area (Å²) in [5.74, 6) is 0. The normalized spacial score (nSPS) is 12.6. The molecule has 0 fully saturated rings. The Labute approximate surface area is 397 Å². The molecule has 0 aliphatic heterocycles. The predicted molar refractivity (Wildman–Crippen MR) is 188 cm³/mol. The Morgan fingerprint density at radius 2 is 1.07 bits per heavy atom. The van der Waals surface area contributed by atoms with E-state index in [0.717, 1.165) is 18.2 Å². The molecule has 4 aromatic rings. The first-order chi connectivity index (χ1) is 25.4. The molecule has 0 saturated carbocycles. The van der Waals surface area contributed by atoms with Crippen molar-refractivity contribution in [1.29, 1.82) is 0 Å². The number of azo groups is 3. The molecule has 0 spiro atoms. The van der Waals surface area contributed by atoms with Crippen molar-refractivity contribution in [3.05, 3.63) is 96.5 Å². The van der Waals surface area contributed by atoms with E-state index in [1.54, 1.807) is 0 Å². The molecule has 0 aliphatic carbocycles. The molecular formula is C28H21N8Na3O14S5. The van der Waals surface area contributed by atoms with Crippen LogP contribution in [0.3, 0.4) is 0 Å². The van der Waals surface area contributed by atoms with Crippen molar-refractivity contribution < 1.29 is 149 Å². The first kappa shape index (κ1) is 53.2. The summed E-state index contributed by atoms with van der Waals surface area (Å²) in [7, 11) is -24.0. The largest absolute Gasteiger partial charge is 1.00 e. The molecule has 0 bridgehead atoms. The van der Waals surface area contributed by atoms with Gasteiger partial charge in [-0.25, -0.2) is 42.1 Å². The van der Waals surface area contributed by atoms with E-state index in [0.29, 0.717) is 29.0 Å². The number of benzene rings is 4. The SMILES string of the molecule is C=CS(=O)(=O)c1c(N)ccc(N=Nc2ccc(N=Nc3ccc(S(=O)(=O)C=COS(=O)(=O)[O-])cc3)cc2N=Nc2cc(S(=O)(=O)[O-])ccc2S(=O)(=O)[O-])c1N.[Na+].[Na+].[Na+]. The van der Waals surface area contributed by atoms with Gasteiger partial charge in [-0.05, 0) is 72.8 Å². The van der Waals surface area contributed by atoms with Crippen LogP contribution in [0, 0.1) is 0 Å². The fraction of sp³-hybridized carbons (Fsp3) is 0. The molecule has 4 rings (SSSR count). The molecule has 30 heteroatoms. The monoisotopic (exact) mass is 922 g/mol. The molecule has 58 heavy (non-hydrogen) atoms. The fourth-order valence-electron chi connectivity index (χ4n) is 4.05. The number of anilines is 2. The van der Waals surface area contributed by atoms with E-state index in [2.05, 4.69) is 41.4 Å². The Morgan fingerprint density at radius 1 is 0.552 bits per heavy atom. The fourth-order valence-corrected chi connectivity index (χ4v) is 7.24. The molecule has 290 valence electrons. The van der Waals surface area contributed by atoms with Crippen molar-refractivity contribution in [2.75, 3.05) is 11.5 Å². The minimum absolute atomic E-state index is 0. The quantitative estimate of drug-likeness (QED) is 0.0301. The van der Waals surface area contributed by atoms with E-state index in [4.69, 9.17) is 11.5 Å². The van der Waals surface area contributed by atoms with Gasteiger partial charge in [0.1, 0.15) is 54.1 Å². The van der Waals surface area contributed by atoms with Crippen LogP contribution < -0.4 is 100 Å². The molecule has 0 aromatic heterocycles. The van der Waals surface area contributed by atoms with E-state index in [1.807, 2.05) is 0 Å². The zero-order chi connectivity index (χ0) is 41.0. The smallest absolute Gasteiger partial charge is 0.744 e. The molecule has 4 aromatic carbocycles. The van der Waals surface area contributed by atoms with E-state index in [9.17, 15) is 55.7 Å². The third-order valence-corrected chi connectivity index (χ3v) is 11.5. The van der Waals surface area contributed by atoms with Crippen LogP contribution in [0.5, 0.6) is 0 Å². The molecule has 0 amide bonds. The summed E-state index contributed by atoms with van der Waals surface area (Å²) >= 11 is 0. The number of hydrogen-bond acceptors (Lipinski definition) is 22. The van der Waals surface area contributed by atoms with Crippen LogP contribution >= 0.6 is 0 Å². The van der Waals surface area contributed by atoms with E-state index >= 15 is 0 Å². The van der Waals surface area contributed by atoms with Crippen molar-refractivity contribution in [1.82, 2.24) is 0 Å². The summed E-state index contributed by atoms with van der Waals surface area (Å²) in [5.41, 5.74) is 9.67. The number of nitrogens with zero attached hydrogens (tertiary/aromatic N) is 6. The molecule has 0 atom stereocenters. The van der Waals surface area contributed by atoms with Crippen molar-refractivity contribution in [2.45, 2.75) is 19.6 Å². The summed E-state index contributed by atoms with van der Waals surface area (Å²) in [6, 6.07) is 12.2. The number of nitrogens with two attached hydrogens (primary N) is 2. The second-order valence-corrected chi connectivity index (χ2v) is 17.7. The van der Waals surface area contributed by atoms with Crippen LogP contribution in [-0.4, -0.2) is 55.7 Å². The maximum Gasteiger partial charge on any atom is 1.00 e. The van der Waals surface area contributed by atoms with Gasteiger partial charge in [0.15, 0.2) is 0 Å². The standard InChI is InChI=1S/C28H24N8O14S5.3Na/c1-2-51(37,38)28-21(29)9-11-23(27(28)30)34-33-22-10-5-18(32-31-17-3-6-19(7-4-17)52(39,40)14-13-50-55(47,48)49)15-24(22)35-36-25-16-20(53(41,42)43)8-12-26(25)54(44,45)46;;;/h2-16H,1,29-30H2,(H,41,42,43)(H,44,45,46)(H,47,48,49);;;/q;3*+1/p-3. The van der Waals surface area contributed by atoms with Crippen LogP contribution in [-0.2, 0) is 54.5 Å². The summed E-state index contributed by atoms with van der Waals surface area (Å²) < 4.78 is 155.